The molecule has 1 aromatic heterocycles. The van der Waals surface area contributed by atoms with Crippen LogP contribution in [0.5, 0.6) is 0 Å². The van der Waals surface area contributed by atoms with Crippen LogP contribution in [0.1, 0.15) is 22.4 Å². The number of nitrogen functional groups attached to an aromatic ring is 1. The van der Waals surface area contributed by atoms with Gasteiger partial charge in [-0.3, -0.25) is 9.89 Å². The first kappa shape index (κ1) is 15.4. The molecule has 0 aliphatic carbocycles. The Hall–Kier alpha value is -3.12. The molecular formula is C19H18N4O2. The van der Waals surface area contributed by atoms with Gasteiger partial charge in [-0.1, -0.05) is 48.5 Å². The molecule has 1 aliphatic rings. The maximum absolute atomic E-state index is 13.3. The Balaban J connectivity index is 1.87. The van der Waals surface area contributed by atoms with Crippen molar-refractivity contribution in [3.8, 4) is 0 Å². The molecule has 0 fully saturated rings. The molecule has 2 aromatic carbocycles. The second-order valence-electron chi connectivity index (χ2n) is 6.21. The first-order chi connectivity index (χ1) is 12.0. The predicted octanol–water partition coefficient (Wildman–Crippen LogP) is 2.08. The fraction of sp³-hybridized carbons (Fsp3) is 0.158. The number of H-pyrrole nitrogens is 1. The number of aromatic amines is 1. The van der Waals surface area contributed by atoms with E-state index in [1.807, 2.05) is 42.5 Å². The summed E-state index contributed by atoms with van der Waals surface area (Å²) in [5.41, 5.74) is 7.18. The van der Waals surface area contributed by atoms with Gasteiger partial charge in [-0.25, -0.2) is 0 Å². The van der Waals surface area contributed by atoms with E-state index >= 15 is 0 Å². The number of nitrogens with one attached hydrogen (secondary N) is 1. The number of aromatic nitrogens is 2. The fourth-order valence-corrected chi connectivity index (χ4v) is 3.50. The zero-order chi connectivity index (χ0) is 17.6. The highest BCUT2D eigenvalue weighted by molar-refractivity contribution is 6.09. The Morgan fingerprint density at radius 3 is 2.52 bits per heavy atom. The number of amides is 1. The van der Waals surface area contributed by atoms with E-state index in [0.717, 1.165) is 5.56 Å². The number of hydrogen-bond acceptors (Lipinski definition) is 4. The number of aryl methyl sites for hydroxylation is 1. The zero-order valence-corrected chi connectivity index (χ0v) is 13.7. The number of fused-ring (bicyclic) bond motifs is 1. The van der Waals surface area contributed by atoms with Crippen molar-refractivity contribution < 1.29 is 9.90 Å². The number of carbonyl (C=O) groups is 1. The third-order valence-corrected chi connectivity index (χ3v) is 4.66. The van der Waals surface area contributed by atoms with E-state index in [1.54, 1.807) is 24.0 Å². The first-order valence-electron chi connectivity index (χ1n) is 8.02. The van der Waals surface area contributed by atoms with Crippen molar-refractivity contribution in [2.45, 2.75) is 19.1 Å². The van der Waals surface area contributed by atoms with Crippen molar-refractivity contribution in [1.82, 2.24) is 10.2 Å². The SMILES string of the molecule is Cc1[nH]nc(N)c1C1(O)C(=O)N(Cc2ccccc2)c2ccccc21. The Morgan fingerprint density at radius 2 is 1.84 bits per heavy atom. The number of para-hydroxylation sites is 1. The van der Waals surface area contributed by atoms with Gasteiger partial charge in [0.1, 0.15) is 0 Å². The van der Waals surface area contributed by atoms with Crippen LogP contribution < -0.4 is 10.6 Å². The van der Waals surface area contributed by atoms with E-state index in [-0.39, 0.29) is 5.82 Å². The predicted molar refractivity (Wildman–Crippen MR) is 94.8 cm³/mol. The number of benzene rings is 2. The molecule has 4 N–H and O–H groups in total. The molecule has 1 atom stereocenters. The van der Waals surface area contributed by atoms with Gasteiger partial charge in [0.15, 0.2) is 5.82 Å². The van der Waals surface area contributed by atoms with Crippen molar-refractivity contribution in [1.29, 1.82) is 0 Å². The summed E-state index contributed by atoms with van der Waals surface area (Å²) in [7, 11) is 0. The van der Waals surface area contributed by atoms with Crippen LogP contribution in [-0.2, 0) is 16.9 Å². The molecule has 6 nitrogen and oxygen atoms in total. The smallest absolute Gasteiger partial charge is 0.269 e. The Morgan fingerprint density at radius 1 is 1.16 bits per heavy atom. The third kappa shape index (κ3) is 2.15. The third-order valence-electron chi connectivity index (χ3n) is 4.66. The van der Waals surface area contributed by atoms with Crippen molar-refractivity contribution in [2.75, 3.05) is 10.6 Å². The summed E-state index contributed by atoms with van der Waals surface area (Å²) in [5, 5.41) is 18.1. The maximum Gasteiger partial charge on any atom is 0.269 e. The Labute approximate surface area is 144 Å². The summed E-state index contributed by atoms with van der Waals surface area (Å²) >= 11 is 0. The Kier molecular flexibility index (Phi) is 3.36. The summed E-state index contributed by atoms with van der Waals surface area (Å²) in [6.45, 7) is 2.11. The van der Waals surface area contributed by atoms with E-state index in [0.29, 0.717) is 29.1 Å². The number of nitrogens with zero attached hydrogens (tertiary/aromatic N) is 2. The lowest BCUT2D eigenvalue weighted by atomic mass is 9.87. The van der Waals surface area contributed by atoms with Crippen molar-refractivity contribution in [3.63, 3.8) is 0 Å². The largest absolute Gasteiger partial charge is 0.382 e. The van der Waals surface area contributed by atoms with Crippen molar-refractivity contribution >= 4 is 17.4 Å². The molecule has 1 unspecified atom stereocenters. The normalized spacial score (nSPS) is 19.3. The molecule has 0 bridgehead atoms. The van der Waals surface area contributed by atoms with Crippen LogP contribution in [0.4, 0.5) is 11.5 Å². The molecule has 4 rings (SSSR count). The van der Waals surface area contributed by atoms with Crippen LogP contribution in [0.25, 0.3) is 0 Å². The van der Waals surface area contributed by atoms with Gasteiger partial charge in [0.25, 0.3) is 5.91 Å². The number of hydrogen-bond donors (Lipinski definition) is 3. The van der Waals surface area contributed by atoms with Crippen molar-refractivity contribution in [2.24, 2.45) is 0 Å². The first-order valence-corrected chi connectivity index (χ1v) is 8.02. The number of rotatable bonds is 3. The summed E-state index contributed by atoms with van der Waals surface area (Å²) in [6.07, 6.45) is 0. The molecule has 1 amide bonds. The summed E-state index contributed by atoms with van der Waals surface area (Å²) in [6, 6.07) is 16.9. The van der Waals surface area contributed by atoms with Crippen molar-refractivity contribution in [3.05, 3.63) is 77.0 Å². The molecule has 0 saturated carbocycles. The zero-order valence-electron chi connectivity index (χ0n) is 13.7. The summed E-state index contributed by atoms with van der Waals surface area (Å²) in [5.74, 6) is -0.293. The van der Waals surface area contributed by atoms with Gasteiger partial charge < -0.3 is 15.7 Å². The minimum absolute atomic E-state index is 0.129. The molecule has 2 heterocycles. The summed E-state index contributed by atoms with van der Waals surface area (Å²) < 4.78 is 0. The number of anilines is 2. The highest BCUT2D eigenvalue weighted by atomic mass is 16.3. The van der Waals surface area contributed by atoms with Gasteiger partial charge in [0.05, 0.1) is 17.8 Å². The monoisotopic (exact) mass is 334 g/mol. The molecular weight excluding hydrogens is 316 g/mol. The molecule has 25 heavy (non-hydrogen) atoms. The molecule has 0 spiro atoms. The number of carbonyl (C=O) groups excluding carboxylic acids is 1. The minimum atomic E-state index is -1.84. The topological polar surface area (TPSA) is 95.2 Å². The highest BCUT2D eigenvalue weighted by Crippen LogP contribution is 2.46. The molecule has 126 valence electrons. The van der Waals surface area contributed by atoms with E-state index in [2.05, 4.69) is 10.2 Å². The second kappa shape index (κ2) is 5.46. The van der Waals surface area contributed by atoms with Gasteiger partial charge >= 0.3 is 0 Å². The number of nitrogens with two attached hydrogens (primary N) is 1. The van der Waals surface area contributed by atoms with Gasteiger partial charge in [-0.2, -0.15) is 5.10 Å². The number of aliphatic hydroxyl groups is 1. The van der Waals surface area contributed by atoms with E-state index in [9.17, 15) is 9.90 Å². The van der Waals surface area contributed by atoms with Crippen LogP contribution in [0.15, 0.2) is 54.6 Å². The van der Waals surface area contributed by atoms with Crippen LogP contribution in [-0.4, -0.2) is 21.2 Å². The molecule has 3 aromatic rings. The lowest BCUT2D eigenvalue weighted by molar-refractivity contribution is -0.132. The standard InChI is InChI=1S/C19H18N4O2/c1-12-16(17(20)22-21-12)19(25)14-9-5-6-10-15(14)23(18(19)24)11-13-7-3-2-4-8-13/h2-10,25H,11H2,1H3,(H3,20,21,22). The van der Waals surface area contributed by atoms with Gasteiger partial charge in [0.2, 0.25) is 5.60 Å². The van der Waals surface area contributed by atoms with E-state index in [4.69, 9.17) is 5.73 Å². The maximum atomic E-state index is 13.3. The average Bonchev–Trinajstić information content (AvgIpc) is 3.07. The average molecular weight is 334 g/mol. The molecule has 6 heteroatoms. The lowest BCUT2D eigenvalue weighted by Crippen LogP contribution is -2.41. The molecule has 0 radical (unpaired) electrons. The van der Waals surface area contributed by atoms with Gasteiger partial charge in [-0.15, -0.1) is 0 Å². The second-order valence-corrected chi connectivity index (χ2v) is 6.21. The Bertz CT molecular complexity index is 932. The highest BCUT2D eigenvalue weighted by Gasteiger charge is 2.53. The molecule has 0 saturated heterocycles. The van der Waals surface area contributed by atoms with E-state index < -0.39 is 11.5 Å². The van der Waals surface area contributed by atoms with Crippen LogP contribution in [0, 0.1) is 6.92 Å². The fourth-order valence-electron chi connectivity index (χ4n) is 3.50. The van der Waals surface area contributed by atoms with Crippen LogP contribution in [0.3, 0.4) is 0 Å². The summed E-state index contributed by atoms with van der Waals surface area (Å²) in [4.78, 5) is 14.9. The minimum Gasteiger partial charge on any atom is -0.382 e. The van der Waals surface area contributed by atoms with Crippen LogP contribution >= 0.6 is 0 Å². The van der Waals surface area contributed by atoms with Crippen LogP contribution in [0.2, 0.25) is 0 Å². The lowest BCUT2D eigenvalue weighted by Gasteiger charge is -2.23. The molecule has 1 aliphatic heterocycles. The quantitative estimate of drug-likeness (QED) is 0.683. The van der Waals surface area contributed by atoms with E-state index in [1.165, 1.54) is 0 Å². The van der Waals surface area contributed by atoms with Gasteiger partial charge in [-0.05, 0) is 18.6 Å². The van der Waals surface area contributed by atoms with Gasteiger partial charge in [0, 0.05) is 11.3 Å².